The van der Waals surface area contributed by atoms with Gasteiger partial charge in [0, 0.05) is 23.6 Å². The third-order valence-corrected chi connectivity index (χ3v) is 4.74. The molecule has 24 heavy (non-hydrogen) atoms. The van der Waals surface area contributed by atoms with Crippen LogP contribution in [0.25, 0.3) is 0 Å². The van der Waals surface area contributed by atoms with Crippen molar-refractivity contribution in [3.63, 3.8) is 0 Å². The number of nitrogens with zero attached hydrogens (tertiary/aromatic N) is 1. The first-order chi connectivity index (χ1) is 11.6. The van der Waals surface area contributed by atoms with E-state index in [9.17, 15) is 9.90 Å². The molecule has 0 saturated carbocycles. The summed E-state index contributed by atoms with van der Waals surface area (Å²) >= 11 is 0. The van der Waals surface area contributed by atoms with Gasteiger partial charge in [-0.15, -0.1) is 0 Å². The molecule has 124 valence electrons. The number of aryl methyl sites for hydroxylation is 1. The summed E-state index contributed by atoms with van der Waals surface area (Å²) in [4.78, 5) is 12.6. The lowest BCUT2D eigenvalue weighted by Gasteiger charge is -2.31. The van der Waals surface area contributed by atoms with Crippen LogP contribution in [-0.4, -0.2) is 23.2 Å². The number of allylic oxidation sites excluding steroid dienone is 2. The van der Waals surface area contributed by atoms with Crippen molar-refractivity contribution in [3.05, 3.63) is 46.3 Å². The molecule has 0 amide bonds. The van der Waals surface area contributed by atoms with Gasteiger partial charge < -0.3 is 19.7 Å². The van der Waals surface area contributed by atoms with Crippen LogP contribution in [0.15, 0.2) is 34.0 Å². The van der Waals surface area contributed by atoms with Crippen LogP contribution in [0.1, 0.15) is 42.0 Å². The van der Waals surface area contributed by atoms with Gasteiger partial charge in [-0.1, -0.05) is 11.2 Å². The summed E-state index contributed by atoms with van der Waals surface area (Å²) in [5.41, 5.74) is 4.07. The summed E-state index contributed by atoms with van der Waals surface area (Å²) in [6.45, 7) is 1.86. The maximum atomic E-state index is 12.6. The van der Waals surface area contributed by atoms with E-state index in [4.69, 9.17) is 9.26 Å². The molecule has 6 heteroatoms. The summed E-state index contributed by atoms with van der Waals surface area (Å²) in [6, 6.07) is 5.23. The van der Waals surface area contributed by atoms with Crippen LogP contribution >= 0.6 is 0 Å². The van der Waals surface area contributed by atoms with Crippen LogP contribution < -0.4 is 10.1 Å². The highest BCUT2D eigenvalue weighted by atomic mass is 16.5. The summed E-state index contributed by atoms with van der Waals surface area (Å²) in [5.74, 6) is 0.886. The molecule has 0 fully saturated rings. The van der Waals surface area contributed by atoms with Crippen LogP contribution in [0, 0.1) is 6.92 Å². The summed E-state index contributed by atoms with van der Waals surface area (Å²) < 4.78 is 10.5. The number of aromatic hydroxyl groups is 1. The molecule has 2 aromatic rings. The predicted octanol–water partition coefficient (Wildman–Crippen LogP) is 3.26. The molecule has 0 radical (unpaired) electrons. The summed E-state index contributed by atoms with van der Waals surface area (Å²) in [7, 11) is 1.51. The van der Waals surface area contributed by atoms with Crippen molar-refractivity contribution in [1.82, 2.24) is 5.16 Å². The summed E-state index contributed by atoms with van der Waals surface area (Å²) in [5, 5.41) is 17.5. The number of methoxy groups -OCH3 is 1. The maximum absolute atomic E-state index is 12.6. The number of Topliss-reactive ketones (excluding diaryl/α,β-unsaturated/α-hetero) is 1. The Morgan fingerprint density at radius 3 is 2.96 bits per heavy atom. The fourth-order valence-corrected chi connectivity index (χ4v) is 3.64. The lowest BCUT2D eigenvalue weighted by Crippen LogP contribution is -2.26. The Hall–Kier alpha value is -2.76. The van der Waals surface area contributed by atoms with Crippen molar-refractivity contribution in [2.45, 2.75) is 32.1 Å². The molecule has 1 atom stereocenters. The highest BCUT2D eigenvalue weighted by Crippen LogP contribution is 2.47. The van der Waals surface area contributed by atoms with Crippen LogP contribution in [0.5, 0.6) is 11.5 Å². The van der Waals surface area contributed by atoms with E-state index in [1.807, 2.05) is 13.0 Å². The third-order valence-electron chi connectivity index (χ3n) is 4.74. The van der Waals surface area contributed by atoms with Crippen molar-refractivity contribution in [2.24, 2.45) is 0 Å². The first-order valence-corrected chi connectivity index (χ1v) is 7.96. The van der Waals surface area contributed by atoms with Gasteiger partial charge in [0.05, 0.1) is 18.4 Å². The van der Waals surface area contributed by atoms with Crippen molar-refractivity contribution in [1.29, 1.82) is 0 Å². The normalized spacial score (nSPS) is 19.6. The lowest BCUT2D eigenvalue weighted by atomic mass is 9.76. The summed E-state index contributed by atoms with van der Waals surface area (Å²) in [6.07, 6.45) is 2.17. The Balaban J connectivity index is 1.92. The minimum atomic E-state index is -0.285. The predicted molar refractivity (Wildman–Crippen MR) is 87.2 cm³/mol. The lowest BCUT2D eigenvalue weighted by molar-refractivity contribution is -0.116. The fraction of sp³-hybridized carbons (Fsp3) is 0.333. The SMILES string of the molecule is COc1ccc([C@@H]2C3=C(CCCC3=O)Nc3onc(C)c32)cc1O. The number of rotatable bonds is 2. The smallest absolute Gasteiger partial charge is 0.233 e. The van der Waals surface area contributed by atoms with Crippen LogP contribution in [0.2, 0.25) is 0 Å². The van der Waals surface area contributed by atoms with Crippen molar-refractivity contribution >= 4 is 11.7 Å². The molecule has 2 N–H and O–H groups in total. The van der Waals surface area contributed by atoms with Gasteiger partial charge in [0.1, 0.15) is 0 Å². The van der Waals surface area contributed by atoms with Gasteiger partial charge in [-0.3, -0.25) is 4.79 Å². The standard InChI is InChI=1S/C18H18N2O4/c1-9-15-16(10-6-7-14(23-2)13(22)8-10)17-11(4-3-5-12(17)21)19-18(15)24-20-9/h6-8,16,19,22H,3-5H2,1-2H3/t16-/m0/s1. The number of benzene rings is 1. The van der Waals surface area contributed by atoms with E-state index in [1.165, 1.54) is 7.11 Å². The second kappa shape index (κ2) is 5.40. The van der Waals surface area contributed by atoms with Gasteiger partial charge >= 0.3 is 0 Å². The number of carbonyl (C=O) groups excluding carboxylic acids is 1. The van der Waals surface area contributed by atoms with Gasteiger partial charge in [-0.05, 0) is 37.5 Å². The Morgan fingerprint density at radius 1 is 1.38 bits per heavy atom. The molecule has 1 aromatic heterocycles. The van der Waals surface area contributed by atoms with Crippen molar-refractivity contribution in [3.8, 4) is 11.5 Å². The zero-order valence-electron chi connectivity index (χ0n) is 13.5. The number of aromatic nitrogens is 1. The van der Waals surface area contributed by atoms with E-state index in [0.29, 0.717) is 18.1 Å². The molecule has 1 aliphatic heterocycles. The second-order valence-corrected chi connectivity index (χ2v) is 6.17. The fourth-order valence-electron chi connectivity index (χ4n) is 3.64. The first-order valence-electron chi connectivity index (χ1n) is 7.96. The topological polar surface area (TPSA) is 84.6 Å². The molecule has 1 aromatic carbocycles. The van der Waals surface area contributed by atoms with Crippen molar-refractivity contribution in [2.75, 3.05) is 12.4 Å². The van der Waals surface area contributed by atoms with E-state index in [2.05, 4.69) is 10.5 Å². The number of phenolic OH excluding ortho intramolecular Hbond substituents is 1. The number of ketones is 1. The van der Waals surface area contributed by atoms with Crippen LogP contribution in [0.3, 0.4) is 0 Å². The Labute approximate surface area is 139 Å². The Morgan fingerprint density at radius 2 is 2.21 bits per heavy atom. The van der Waals surface area contributed by atoms with Gasteiger partial charge in [0.25, 0.3) is 0 Å². The number of carbonyl (C=O) groups is 1. The number of hydrogen-bond donors (Lipinski definition) is 2. The quantitative estimate of drug-likeness (QED) is 0.881. The molecule has 2 aliphatic rings. The number of ether oxygens (including phenoxy) is 1. The molecule has 0 spiro atoms. The van der Waals surface area contributed by atoms with E-state index in [0.717, 1.165) is 40.9 Å². The van der Waals surface area contributed by atoms with E-state index < -0.39 is 0 Å². The molecule has 6 nitrogen and oxygen atoms in total. The number of phenols is 1. The molecule has 2 heterocycles. The van der Waals surface area contributed by atoms with Gasteiger partial charge in [0.2, 0.25) is 5.88 Å². The number of fused-ring (bicyclic) bond motifs is 1. The largest absolute Gasteiger partial charge is 0.504 e. The maximum Gasteiger partial charge on any atom is 0.233 e. The van der Waals surface area contributed by atoms with E-state index in [-0.39, 0.29) is 17.5 Å². The van der Waals surface area contributed by atoms with Crippen molar-refractivity contribution < 1.29 is 19.2 Å². The molecule has 4 rings (SSSR count). The molecular formula is C18H18N2O4. The highest BCUT2D eigenvalue weighted by Gasteiger charge is 2.38. The molecular weight excluding hydrogens is 308 g/mol. The van der Waals surface area contributed by atoms with Gasteiger partial charge in [-0.25, -0.2) is 0 Å². The minimum absolute atomic E-state index is 0.0506. The van der Waals surface area contributed by atoms with E-state index in [1.54, 1.807) is 12.1 Å². The Kier molecular flexibility index (Phi) is 3.33. The zero-order valence-corrected chi connectivity index (χ0v) is 13.5. The first kappa shape index (κ1) is 14.8. The average Bonchev–Trinajstić information content (AvgIpc) is 2.94. The molecule has 0 unspecified atom stereocenters. The molecule has 0 saturated heterocycles. The van der Waals surface area contributed by atoms with E-state index >= 15 is 0 Å². The average molecular weight is 326 g/mol. The number of anilines is 1. The van der Waals surface area contributed by atoms with Gasteiger partial charge in [0.15, 0.2) is 17.3 Å². The monoisotopic (exact) mass is 326 g/mol. The number of hydrogen-bond acceptors (Lipinski definition) is 6. The van der Waals surface area contributed by atoms with Gasteiger partial charge in [-0.2, -0.15) is 0 Å². The molecule has 1 aliphatic carbocycles. The zero-order chi connectivity index (χ0) is 16.8. The number of nitrogens with one attached hydrogen (secondary N) is 1. The second-order valence-electron chi connectivity index (χ2n) is 6.17. The Bertz CT molecular complexity index is 866. The minimum Gasteiger partial charge on any atom is -0.504 e. The van der Waals surface area contributed by atoms with Crippen LogP contribution in [0.4, 0.5) is 5.88 Å². The third kappa shape index (κ3) is 2.10. The molecule has 0 bridgehead atoms. The highest BCUT2D eigenvalue weighted by molar-refractivity contribution is 6.01. The van der Waals surface area contributed by atoms with Crippen LogP contribution in [-0.2, 0) is 4.79 Å².